The summed E-state index contributed by atoms with van der Waals surface area (Å²) in [6.07, 6.45) is 4.48. The van der Waals surface area contributed by atoms with E-state index in [-0.39, 0.29) is 23.5 Å². The lowest BCUT2D eigenvalue weighted by Gasteiger charge is -2.31. The first kappa shape index (κ1) is 16.1. The first-order chi connectivity index (χ1) is 11.6. The summed E-state index contributed by atoms with van der Waals surface area (Å²) in [5, 5.41) is 2.87. The minimum atomic E-state index is -0.363. The standard InChI is InChI=1S/C18H18FN3O2/c19-15-3-1-14(2-4-15)18(24)22-11-7-13(8-12-22)17(23)21-16-5-9-20-10-6-16/h1-6,9-10,13H,7-8,11-12H2,(H,20,21,23). The van der Waals surface area contributed by atoms with Crippen LogP contribution >= 0.6 is 0 Å². The molecule has 2 heterocycles. The number of benzene rings is 1. The molecule has 124 valence electrons. The van der Waals surface area contributed by atoms with Gasteiger partial charge in [0.05, 0.1) is 0 Å². The molecule has 1 aliphatic rings. The van der Waals surface area contributed by atoms with Crippen LogP contribution in [0, 0.1) is 11.7 Å². The third-order valence-electron chi connectivity index (χ3n) is 4.19. The van der Waals surface area contributed by atoms with Crippen molar-refractivity contribution in [1.82, 2.24) is 9.88 Å². The fourth-order valence-electron chi connectivity index (χ4n) is 2.80. The Morgan fingerprint density at radius 3 is 2.29 bits per heavy atom. The maximum absolute atomic E-state index is 12.9. The van der Waals surface area contributed by atoms with E-state index < -0.39 is 0 Å². The molecule has 0 saturated carbocycles. The topological polar surface area (TPSA) is 62.3 Å². The van der Waals surface area contributed by atoms with E-state index in [9.17, 15) is 14.0 Å². The summed E-state index contributed by atoms with van der Waals surface area (Å²) in [4.78, 5) is 30.3. The van der Waals surface area contributed by atoms with Crippen LogP contribution in [0.4, 0.5) is 10.1 Å². The molecule has 2 amide bonds. The second kappa shape index (κ2) is 7.21. The zero-order valence-corrected chi connectivity index (χ0v) is 13.1. The number of anilines is 1. The van der Waals surface area contributed by atoms with Crippen molar-refractivity contribution in [3.8, 4) is 0 Å². The van der Waals surface area contributed by atoms with Gasteiger partial charge in [-0.05, 0) is 49.2 Å². The van der Waals surface area contributed by atoms with E-state index in [0.29, 0.717) is 31.5 Å². The van der Waals surface area contributed by atoms with E-state index in [1.54, 1.807) is 29.4 Å². The van der Waals surface area contributed by atoms with Crippen molar-refractivity contribution >= 4 is 17.5 Å². The van der Waals surface area contributed by atoms with E-state index in [1.165, 1.54) is 24.3 Å². The molecule has 1 fully saturated rings. The Labute approximate surface area is 139 Å². The summed E-state index contributed by atoms with van der Waals surface area (Å²) in [5.41, 5.74) is 1.19. The molecule has 1 aromatic heterocycles. The fourth-order valence-corrected chi connectivity index (χ4v) is 2.80. The van der Waals surface area contributed by atoms with Crippen LogP contribution in [0.5, 0.6) is 0 Å². The van der Waals surface area contributed by atoms with E-state index in [4.69, 9.17) is 0 Å². The van der Waals surface area contributed by atoms with Gasteiger partial charge in [-0.15, -0.1) is 0 Å². The SMILES string of the molecule is O=C(Nc1ccncc1)C1CCN(C(=O)c2ccc(F)cc2)CC1. The van der Waals surface area contributed by atoms with Crippen molar-refractivity contribution in [2.24, 2.45) is 5.92 Å². The minimum absolute atomic E-state index is 0.0323. The molecular weight excluding hydrogens is 309 g/mol. The van der Waals surface area contributed by atoms with Gasteiger partial charge in [0, 0.05) is 42.7 Å². The van der Waals surface area contributed by atoms with Crippen LogP contribution in [0.3, 0.4) is 0 Å². The quantitative estimate of drug-likeness (QED) is 0.943. The van der Waals surface area contributed by atoms with Crippen LogP contribution in [0.2, 0.25) is 0 Å². The summed E-state index contributed by atoms with van der Waals surface area (Å²) in [6, 6.07) is 9.01. The maximum atomic E-state index is 12.9. The molecule has 0 radical (unpaired) electrons. The van der Waals surface area contributed by atoms with Crippen molar-refractivity contribution in [2.45, 2.75) is 12.8 Å². The molecule has 2 aromatic rings. The number of piperidine rings is 1. The Kier molecular flexibility index (Phi) is 4.84. The largest absolute Gasteiger partial charge is 0.339 e. The smallest absolute Gasteiger partial charge is 0.253 e. The molecule has 0 unspecified atom stereocenters. The molecule has 1 saturated heterocycles. The minimum Gasteiger partial charge on any atom is -0.339 e. The predicted molar refractivity (Wildman–Crippen MR) is 87.9 cm³/mol. The first-order valence-electron chi connectivity index (χ1n) is 7.89. The Morgan fingerprint density at radius 1 is 1.04 bits per heavy atom. The van der Waals surface area contributed by atoms with Crippen molar-refractivity contribution in [1.29, 1.82) is 0 Å². The van der Waals surface area contributed by atoms with Gasteiger partial charge in [0.25, 0.3) is 5.91 Å². The molecule has 0 spiro atoms. The van der Waals surface area contributed by atoms with Crippen molar-refractivity contribution in [3.05, 3.63) is 60.2 Å². The molecule has 0 aliphatic carbocycles. The van der Waals surface area contributed by atoms with Crippen LogP contribution in [0.15, 0.2) is 48.8 Å². The van der Waals surface area contributed by atoms with E-state index in [0.717, 1.165) is 5.69 Å². The highest BCUT2D eigenvalue weighted by atomic mass is 19.1. The lowest BCUT2D eigenvalue weighted by molar-refractivity contribution is -0.121. The van der Waals surface area contributed by atoms with Crippen molar-refractivity contribution < 1.29 is 14.0 Å². The number of halogens is 1. The van der Waals surface area contributed by atoms with E-state index >= 15 is 0 Å². The third kappa shape index (κ3) is 3.76. The molecular formula is C18H18FN3O2. The molecule has 0 atom stereocenters. The van der Waals surface area contributed by atoms with Crippen LogP contribution in [-0.2, 0) is 4.79 Å². The lowest BCUT2D eigenvalue weighted by atomic mass is 9.95. The predicted octanol–water partition coefficient (Wildman–Crippen LogP) is 2.71. The van der Waals surface area contributed by atoms with Gasteiger partial charge in [0.1, 0.15) is 5.82 Å². The number of carbonyl (C=O) groups excluding carboxylic acids is 2. The molecule has 1 aliphatic heterocycles. The second-order valence-electron chi connectivity index (χ2n) is 5.80. The average Bonchev–Trinajstić information content (AvgIpc) is 2.63. The molecule has 0 bridgehead atoms. The number of hydrogen-bond acceptors (Lipinski definition) is 3. The number of aromatic nitrogens is 1. The number of nitrogens with zero attached hydrogens (tertiary/aromatic N) is 2. The first-order valence-corrected chi connectivity index (χ1v) is 7.89. The highest BCUT2D eigenvalue weighted by molar-refractivity contribution is 5.95. The van der Waals surface area contributed by atoms with Crippen molar-refractivity contribution in [2.75, 3.05) is 18.4 Å². The summed E-state index contributed by atoms with van der Waals surface area (Å²) < 4.78 is 12.9. The van der Waals surface area contributed by atoms with Crippen LogP contribution < -0.4 is 5.32 Å². The number of carbonyl (C=O) groups is 2. The van der Waals surface area contributed by atoms with Gasteiger partial charge in [-0.2, -0.15) is 0 Å². The zero-order chi connectivity index (χ0) is 16.9. The summed E-state index contributed by atoms with van der Waals surface area (Å²) in [7, 11) is 0. The number of pyridine rings is 1. The Hall–Kier alpha value is -2.76. The summed E-state index contributed by atoms with van der Waals surface area (Å²) in [5.74, 6) is -0.633. The maximum Gasteiger partial charge on any atom is 0.253 e. The average molecular weight is 327 g/mol. The molecule has 3 rings (SSSR count). The number of likely N-dealkylation sites (tertiary alicyclic amines) is 1. The highest BCUT2D eigenvalue weighted by Gasteiger charge is 2.27. The zero-order valence-electron chi connectivity index (χ0n) is 13.1. The normalized spacial score (nSPS) is 15.1. The van der Waals surface area contributed by atoms with Gasteiger partial charge in [0.15, 0.2) is 0 Å². The van der Waals surface area contributed by atoms with Gasteiger partial charge in [-0.1, -0.05) is 0 Å². The van der Waals surface area contributed by atoms with Crippen LogP contribution in [0.25, 0.3) is 0 Å². The van der Waals surface area contributed by atoms with E-state index in [2.05, 4.69) is 10.3 Å². The van der Waals surface area contributed by atoms with Crippen molar-refractivity contribution in [3.63, 3.8) is 0 Å². The molecule has 5 nitrogen and oxygen atoms in total. The number of nitrogens with one attached hydrogen (secondary N) is 1. The lowest BCUT2D eigenvalue weighted by Crippen LogP contribution is -2.41. The summed E-state index contributed by atoms with van der Waals surface area (Å²) >= 11 is 0. The Bertz CT molecular complexity index is 711. The number of hydrogen-bond donors (Lipinski definition) is 1. The Morgan fingerprint density at radius 2 is 1.67 bits per heavy atom. The van der Waals surface area contributed by atoms with Gasteiger partial charge < -0.3 is 10.2 Å². The molecule has 6 heteroatoms. The van der Waals surface area contributed by atoms with Gasteiger partial charge >= 0.3 is 0 Å². The second-order valence-corrected chi connectivity index (χ2v) is 5.80. The fraction of sp³-hybridized carbons (Fsp3) is 0.278. The molecule has 24 heavy (non-hydrogen) atoms. The third-order valence-corrected chi connectivity index (χ3v) is 4.19. The van der Waals surface area contributed by atoms with E-state index in [1.807, 2.05) is 0 Å². The molecule has 1 aromatic carbocycles. The number of rotatable bonds is 3. The van der Waals surface area contributed by atoms with Gasteiger partial charge in [0.2, 0.25) is 5.91 Å². The van der Waals surface area contributed by atoms with Crippen LogP contribution in [0.1, 0.15) is 23.2 Å². The van der Waals surface area contributed by atoms with Crippen LogP contribution in [-0.4, -0.2) is 34.8 Å². The molecule has 1 N–H and O–H groups in total. The van der Waals surface area contributed by atoms with Gasteiger partial charge in [-0.25, -0.2) is 4.39 Å². The van der Waals surface area contributed by atoms with Gasteiger partial charge in [-0.3, -0.25) is 14.6 Å². The summed E-state index contributed by atoms with van der Waals surface area (Å²) in [6.45, 7) is 1.04. The monoisotopic (exact) mass is 327 g/mol. The highest BCUT2D eigenvalue weighted by Crippen LogP contribution is 2.21. The Balaban J connectivity index is 1.54. The number of amides is 2.